The van der Waals surface area contributed by atoms with Crippen LogP contribution in [0.5, 0.6) is 0 Å². The van der Waals surface area contributed by atoms with Crippen LogP contribution >= 0.6 is 0 Å². The highest BCUT2D eigenvalue weighted by molar-refractivity contribution is 5.32. The smallest absolute Gasteiger partial charge is 0.286 e. The first-order valence-corrected chi connectivity index (χ1v) is 3.46. The highest BCUT2D eigenvalue weighted by Gasteiger charge is 1.87. The van der Waals surface area contributed by atoms with Crippen LogP contribution in [-0.4, -0.2) is 19.2 Å². The van der Waals surface area contributed by atoms with Gasteiger partial charge in [0.15, 0.2) is 0 Å². The zero-order valence-electron chi connectivity index (χ0n) is 6.25. The van der Waals surface area contributed by atoms with Crippen molar-refractivity contribution in [2.75, 3.05) is 13.2 Å². The van der Waals surface area contributed by atoms with Gasteiger partial charge in [-0.15, -0.1) is 0 Å². The quantitative estimate of drug-likeness (QED) is 0.248. The van der Waals surface area contributed by atoms with Crippen LogP contribution < -0.4 is 0 Å². The number of rotatable bonds is 6. The number of hydrogen-bond donors (Lipinski definition) is 0. The van der Waals surface area contributed by atoms with Gasteiger partial charge in [-0.05, 0) is 19.3 Å². The molecule has 11 heavy (non-hydrogen) atoms. The first-order valence-electron chi connectivity index (χ1n) is 3.46. The molecule has 0 aromatic rings. The molecule has 60 valence electrons. The zero-order valence-corrected chi connectivity index (χ0v) is 6.25. The monoisotopic (exact) mass is 154 g/mol. The molecule has 0 rings (SSSR count). The summed E-state index contributed by atoms with van der Waals surface area (Å²) >= 11 is 0. The Morgan fingerprint density at radius 3 is 2.82 bits per heavy atom. The normalized spacial score (nSPS) is 7.91. The van der Waals surface area contributed by atoms with E-state index in [1.165, 1.54) is 6.08 Å². The molecule has 0 aromatic carbocycles. The third-order valence-electron chi connectivity index (χ3n) is 1.15. The fourth-order valence-electron chi connectivity index (χ4n) is 0.633. The average Bonchev–Trinajstić information content (AvgIpc) is 2.03. The van der Waals surface area contributed by atoms with Gasteiger partial charge < -0.3 is 4.74 Å². The van der Waals surface area contributed by atoms with Gasteiger partial charge in [-0.2, -0.15) is 5.26 Å². The van der Waals surface area contributed by atoms with E-state index in [1.54, 1.807) is 6.26 Å². The van der Waals surface area contributed by atoms with E-state index in [2.05, 4.69) is 9.73 Å². The second-order valence-corrected chi connectivity index (χ2v) is 1.97. The second-order valence-electron chi connectivity index (χ2n) is 1.97. The number of aliphatic imine (C=N–C) groups is 1. The van der Waals surface area contributed by atoms with Gasteiger partial charge >= 0.3 is 0 Å². The van der Waals surface area contributed by atoms with Crippen molar-refractivity contribution in [2.45, 2.75) is 19.3 Å². The van der Waals surface area contributed by atoms with Crippen molar-refractivity contribution in [2.24, 2.45) is 4.99 Å². The highest BCUT2D eigenvalue weighted by atomic mass is 16.5. The van der Waals surface area contributed by atoms with Gasteiger partial charge in [0.05, 0.1) is 6.54 Å². The molecule has 0 radical (unpaired) electrons. The van der Waals surface area contributed by atoms with Gasteiger partial charge in [-0.1, -0.05) is 0 Å². The maximum atomic E-state index is 9.58. The number of nitriles is 1. The molecule has 0 aliphatic heterocycles. The molecule has 0 amide bonds. The summed E-state index contributed by atoms with van der Waals surface area (Å²) in [6.07, 6.45) is 5.66. The molecule has 0 aromatic heterocycles. The molecule has 0 N–H and O–H groups in total. The van der Waals surface area contributed by atoms with Crippen molar-refractivity contribution in [1.82, 2.24) is 0 Å². The first-order chi connectivity index (χ1) is 5.41. The van der Waals surface area contributed by atoms with Crippen molar-refractivity contribution in [3.8, 4) is 6.26 Å². The van der Waals surface area contributed by atoms with Crippen LogP contribution in [0.1, 0.15) is 19.3 Å². The molecule has 0 aliphatic carbocycles. The van der Waals surface area contributed by atoms with E-state index in [4.69, 9.17) is 5.26 Å². The van der Waals surface area contributed by atoms with E-state index >= 15 is 0 Å². The number of carbonyl (C=O) groups excluding carboxylic acids is 1. The van der Waals surface area contributed by atoms with Gasteiger partial charge in [-0.3, -0.25) is 0 Å². The Bertz CT molecular complexity index is 168. The predicted molar refractivity (Wildman–Crippen MR) is 38.4 cm³/mol. The molecule has 4 heteroatoms. The predicted octanol–water partition coefficient (Wildman–Crippen LogP) is 0.990. The maximum absolute atomic E-state index is 9.58. The summed E-state index contributed by atoms with van der Waals surface area (Å²) in [4.78, 5) is 13.0. The Hall–Kier alpha value is -1.33. The average molecular weight is 154 g/mol. The third-order valence-corrected chi connectivity index (χ3v) is 1.15. The maximum Gasteiger partial charge on any atom is 0.286 e. The number of ether oxygens (including phenoxy) is 1. The lowest BCUT2D eigenvalue weighted by Crippen LogP contribution is -1.89. The van der Waals surface area contributed by atoms with Crippen LogP contribution in [0.4, 0.5) is 0 Å². The number of isocyanates is 1. The fourth-order valence-corrected chi connectivity index (χ4v) is 0.633. The minimum Gasteiger partial charge on any atom is -0.428 e. The Balaban J connectivity index is 2.91. The number of hydrogen-bond acceptors (Lipinski definition) is 4. The number of nitrogens with zero attached hydrogens (tertiary/aromatic N) is 2. The van der Waals surface area contributed by atoms with Gasteiger partial charge in [0.25, 0.3) is 6.26 Å². The van der Waals surface area contributed by atoms with Crippen molar-refractivity contribution >= 4 is 6.08 Å². The van der Waals surface area contributed by atoms with Crippen LogP contribution in [0, 0.1) is 11.5 Å². The largest absolute Gasteiger partial charge is 0.428 e. The summed E-state index contributed by atoms with van der Waals surface area (Å²) in [6.45, 7) is 0.983. The van der Waals surface area contributed by atoms with Crippen LogP contribution in [0.2, 0.25) is 0 Å². The van der Waals surface area contributed by atoms with E-state index in [1.807, 2.05) is 0 Å². The standard InChI is InChI=1S/C7H10N2O2/c8-6-11-5-3-1-2-4-9-7-10/h1-5H2. The van der Waals surface area contributed by atoms with Gasteiger partial charge in [-0.25, -0.2) is 9.79 Å². The molecule has 0 unspecified atom stereocenters. The molecule has 0 saturated heterocycles. The van der Waals surface area contributed by atoms with Crippen molar-refractivity contribution in [3.05, 3.63) is 0 Å². The van der Waals surface area contributed by atoms with Crippen molar-refractivity contribution in [3.63, 3.8) is 0 Å². The fraction of sp³-hybridized carbons (Fsp3) is 0.714. The Kier molecular flexibility index (Phi) is 7.62. The third kappa shape index (κ3) is 8.67. The summed E-state index contributed by atoms with van der Waals surface area (Å²) < 4.78 is 4.44. The van der Waals surface area contributed by atoms with Gasteiger partial charge in [0.2, 0.25) is 6.08 Å². The molecule has 0 bridgehead atoms. The lowest BCUT2D eigenvalue weighted by Gasteiger charge is -1.94. The summed E-state index contributed by atoms with van der Waals surface area (Å²) in [6, 6.07) is 0. The van der Waals surface area contributed by atoms with Crippen LogP contribution in [-0.2, 0) is 9.53 Å². The second kappa shape index (κ2) is 8.67. The van der Waals surface area contributed by atoms with Gasteiger partial charge in [0.1, 0.15) is 6.61 Å². The SMILES string of the molecule is N#COCCCCCN=C=O. The lowest BCUT2D eigenvalue weighted by molar-refractivity contribution is 0.261. The summed E-state index contributed by atoms with van der Waals surface area (Å²) in [5, 5.41) is 7.96. The molecule has 0 atom stereocenters. The summed E-state index contributed by atoms with van der Waals surface area (Å²) in [5.74, 6) is 0. The zero-order chi connectivity index (χ0) is 8.36. The van der Waals surface area contributed by atoms with Crippen molar-refractivity contribution in [1.29, 1.82) is 5.26 Å². The summed E-state index contributed by atoms with van der Waals surface area (Å²) in [5.41, 5.74) is 0. The van der Waals surface area contributed by atoms with E-state index in [9.17, 15) is 4.79 Å². The number of unbranched alkanes of at least 4 members (excludes halogenated alkanes) is 2. The lowest BCUT2D eigenvalue weighted by atomic mass is 10.2. The Morgan fingerprint density at radius 1 is 1.36 bits per heavy atom. The minimum atomic E-state index is 0.460. The molecular weight excluding hydrogens is 144 g/mol. The first kappa shape index (κ1) is 9.67. The molecule has 0 saturated carbocycles. The molecule has 0 heterocycles. The van der Waals surface area contributed by atoms with Crippen LogP contribution in [0.3, 0.4) is 0 Å². The molecular formula is C7H10N2O2. The Labute approximate surface area is 65.5 Å². The van der Waals surface area contributed by atoms with Crippen LogP contribution in [0.15, 0.2) is 4.99 Å². The molecule has 0 spiro atoms. The van der Waals surface area contributed by atoms with E-state index in [-0.39, 0.29) is 0 Å². The van der Waals surface area contributed by atoms with Crippen LogP contribution in [0.25, 0.3) is 0 Å². The summed E-state index contributed by atoms with van der Waals surface area (Å²) in [7, 11) is 0. The minimum absolute atomic E-state index is 0.460. The topological polar surface area (TPSA) is 62.4 Å². The van der Waals surface area contributed by atoms with E-state index in [0.717, 1.165) is 19.3 Å². The van der Waals surface area contributed by atoms with E-state index in [0.29, 0.717) is 13.2 Å². The molecule has 0 aliphatic rings. The van der Waals surface area contributed by atoms with Crippen molar-refractivity contribution < 1.29 is 9.53 Å². The Morgan fingerprint density at radius 2 is 2.18 bits per heavy atom. The molecule has 4 nitrogen and oxygen atoms in total. The van der Waals surface area contributed by atoms with E-state index < -0.39 is 0 Å². The molecule has 0 fully saturated rings. The van der Waals surface area contributed by atoms with Gasteiger partial charge in [0, 0.05) is 0 Å². The highest BCUT2D eigenvalue weighted by Crippen LogP contribution is 1.95.